The minimum Gasteiger partial charge on any atom is -0.342 e. The fraction of sp³-hybridized carbons (Fsp3) is 0.429. The molecule has 2 rings (SSSR count). The number of aryl methyl sites for hydroxylation is 1. The molecule has 2 aromatic rings. The molecule has 0 unspecified atom stereocenters. The summed E-state index contributed by atoms with van der Waals surface area (Å²) in [6.07, 6.45) is 3.25. The second-order valence-corrected chi connectivity index (χ2v) is 4.60. The molecule has 1 amide bonds. The first-order valence-corrected chi connectivity index (χ1v) is 6.66. The van der Waals surface area contributed by atoms with Crippen molar-refractivity contribution in [2.24, 2.45) is 0 Å². The highest BCUT2D eigenvalue weighted by Crippen LogP contribution is 2.18. The van der Waals surface area contributed by atoms with Gasteiger partial charge in [-0.2, -0.15) is 0 Å². The normalized spacial score (nSPS) is 10.8. The van der Waals surface area contributed by atoms with E-state index < -0.39 is 0 Å². The van der Waals surface area contributed by atoms with Gasteiger partial charge in [0.05, 0.1) is 17.6 Å². The molecule has 0 fully saturated rings. The van der Waals surface area contributed by atoms with Crippen LogP contribution in [0.2, 0.25) is 0 Å². The monoisotopic (exact) mass is 260 g/mol. The topological polar surface area (TPSA) is 69.8 Å². The minimum absolute atomic E-state index is 0.0485. The van der Waals surface area contributed by atoms with Gasteiger partial charge in [0, 0.05) is 12.1 Å². The van der Waals surface area contributed by atoms with E-state index in [0.717, 1.165) is 41.8 Å². The van der Waals surface area contributed by atoms with Crippen molar-refractivity contribution in [3.05, 3.63) is 24.0 Å². The highest BCUT2D eigenvalue weighted by Gasteiger charge is 2.05. The number of aromatic amines is 1. The second-order valence-electron chi connectivity index (χ2n) is 4.60. The highest BCUT2D eigenvalue weighted by atomic mass is 16.1. The lowest BCUT2D eigenvalue weighted by atomic mass is 10.2. The first-order valence-electron chi connectivity index (χ1n) is 6.66. The van der Waals surface area contributed by atoms with Crippen LogP contribution in [-0.2, 0) is 11.2 Å². The van der Waals surface area contributed by atoms with Crippen LogP contribution in [0.1, 0.15) is 25.6 Å². The summed E-state index contributed by atoms with van der Waals surface area (Å²) in [6.45, 7) is 2.47. The number of amides is 1. The fourth-order valence-corrected chi connectivity index (χ4v) is 1.97. The van der Waals surface area contributed by atoms with Crippen LogP contribution < -0.4 is 10.6 Å². The largest absolute Gasteiger partial charge is 0.342 e. The third-order valence-electron chi connectivity index (χ3n) is 2.92. The summed E-state index contributed by atoms with van der Waals surface area (Å²) < 4.78 is 0. The number of aromatic nitrogens is 2. The Balaban J connectivity index is 2.13. The Morgan fingerprint density at radius 2 is 2.26 bits per heavy atom. The van der Waals surface area contributed by atoms with Gasteiger partial charge in [0.2, 0.25) is 5.91 Å². The third kappa shape index (κ3) is 3.54. The minimum atomic E-state index is -0.0485. The number of benzene rings is 1. The molecule has 3 N–H and O–H groups in total. The zero-order valence-corrected chi connectivity index (χ0v) is 11.4. The zero-order valence-electron chi connectivity index (χ0n) is 11.4. The Bertz CT molecular complexity index is 562. The molecule has 0 atom stereocenters. The van der Waals surface area contributed by atoms with Gasteiger partial charge in [-0.1, -0.05) is 13.3 Å². The predicted molar refractivity (Wildman–Crippen MR) is 77.3 cm³/mol. The number of carbonyl (C=O) groups is 1. The summed E-state index contributed by atoms with van der Waals surface area (Å²) in [7, 11) is 1.75. The Labute approximate surface area is 112 Å². The predicted octanol–water partition coefficient (Wildman–Crippen LogP) is 2.06. The van der Waals surface area contributed by atoms with E-state index in [1.165, 1.54) is 0 Å². The molecular weight excluding hydrogens is 240 g/mol. The van der Waals surface area contributed by atoms with Crippen molar-refractivity contribution in [2.45, 2.75) is 26.2 Å². The molecular formula is C14H20N4O. The number of rotatable bonds is 6. The number of hydrogen-bond acceptors (Lipinski definition) is 3. The lowest BCUT2D eigenvalue weighted by molar-refractivity contribution is -0.115. The Kier molecular flexibility index (Phi) is 4.52. The molecule has 0 saturated carbocycles. The van der Waals surface area contributed by atoms with Gasteiger partial charge in [-0.05, 0) is 31.7 Å². The van der Waals surface area contributed by atoms with Gasteiger partial charge in [-0.25, -0.2) is 4.98 Å². The van der Waals surface area contributed by atoms with Crippen molar-refractivity contribution in [1.82, 2.24) is 15.3 Å². The molecule has 0 aliphatic heterocycles. The van der Waals surface area contributed by atoms with Gasteiger partial charge < -0.3 is 15.6 Å². The van der Waals surface area contributed by atoms with Gasteiger partial charge >= 0.3 is 0 Å². The van der Waals surface area contributed by atoms with Gasteiger partial charge in [0.15, 0.2) is 0 Å². The van der Waals surface area contributed by atoms with Crippen molar-refractivity contribution in [3.8, 4) is 0 Å². The quantitative estimate of drug-likeness (QED) is 0.744. The van der Waals surface area contributed by atoms with Crippen molar-refractivity contribution in [2.75, 3.05) is 18.9 Å². The lowest BCUT2D eigenvalue weighted by Crippen LogP contribution is -2.24. The van der Waals surface area contributed by atoms with E-state index >= 15 is 0 Å². The number of nitrogens with one attached hydrogen (secondary N) is 3. The highest BCUT2D eigenvalue weighted by molar-refractivity contribution is 5.94. The molecule has 5 heteroatoms. The number of hydrogen-bond donors (Lipinski definition) is 3. The smallest absolute Gasteiger partial charge is 0.238 e. The maximum atomic E-state index is 11.5. The average molecular weight is 260 g/mol. The van der Waals surface area contributed by atoms with Crippen LogP contribution in [0, 0.1) is 0 Å². The molecule has 0 spiro atoms. The molecule has 0 aliphatic rings. The van der Waals surface area contributed by atoms with Gasteiger partial charge in [0.25, 0.3) is 0 Å². The van der Waals surface area contributed by atoms with Crippen LogP contribution in [0.3, 0.4) is 0 Å². The number of anilines is 1. The number of fused-ring (bicyclic) bond motifs is 1. The zero-order chi connectivity index (χ0) is 13.7. The lowest BCUT2D eigenvalue weighted by Gasteiger charge is -2.03. The molecule has 102 valence electrons. The molecule has 5 nitrogen and oxygen atoms in total. The van der Waals surface area contributed by atoms with E-state index in [9.17, 15) is 4.79 Å². The van der Waals surface area contributed by atoms with Crippen LogP contribution in [-0.4, -0.2) is 29.5 Å². The van der Waals surface area contributed by atoms with Crippen LogP contribution in [0.15, 0.2) is 18.2 Å². The first-order chi connectivity index (χ1) is 9.22. The van der Waals surface area contributed by atoms with Crippen LogP contribution in [0.5, 0.6) is 0 Å². The molecule has 1 aromatic heterocycles. The first kappa shape index (κ1) is 13.5. The SMILES string of the molecule is CCCCc1nc2ccc(NC(=O)CNC)cc2[nH]1. The maximum Gasteiger partial charge on any atom is 0.238 e. The molecule has 0 aliphatic carbocycles. The summed E-state index contributed by atoms with van der Waals surface area (Å²) in [6, 6.07) is 5.72. The number of unbranched alkanes of at least 4 members (excludes halogenated alkanes) is 1. The van der Waals surface area contributed by atoms with E-state index in [1.807, 2.05) is 18.2 Å². The molecule has 0 bridgehead atoms. The summed E-state index contributed by atoms with van der Waals surface area (Å²) in [4.78, 5) is 19.3. The molecule has 0 saturated heterocycles. The van der Waals surface area contributed by atoms with Crippen molar-refractivity contribution in [1.29, 1.82) is 0 Å². The third-order valence-corrected chi connectivity index (χ3v) is 2.92. The molecule has 19 heavy (non-hydrogen) atoms. The van der Waals surface area contributed by atoms with Crippen LogP contribution in [0.25, 0.3) is 11.0 Å². The van der Waals surface area contributed by atoms with Crippen molar-refractivity contribution >= 4 is 22.6 Å². The Morgan fingerprint density at radius 3 is 3.00 bits per heavy atom. The number of carbonyl (C=O) groups excluding carboxylic acids is 1. The van der Waals surface area contributed by atoms with E-state index in [-0.39, 0.29) is 5.91 Å². The van der Waals surface area contributed by atoms with Crippen LogP contribution in [0.4, 0.5) is 5.69 Å². The summed E-state index contributed by atoms with van der Waals surface area (Å²) >= 11 is 0. The van der Waals surface area contributed by atoms with Gasteiger partial charge in [-0.3, -0.25) is 4.79 Å². The maximum absolute atomic E-state index is 11.5. The van der Waals surface area contributed by atoms with Crippen LogP contribution >= 0.6 is 0 Å². The fourth-order valence-electron chi connectivity index (χ4n) is 1.97. The summed E-state index contributed by atoms with van der Waals surface area (Å²) in [5.74, 6) is 0.961. The number of imidazole rings is 1. The Hall–Kier alpha value is -1.88. The molecule has 1 heterocycles. The Morgan fingerprint density at radius 1 is 1.42 bits per heavy atom. The van der Waals surface area contributed by atoms with E-state index in [4.69, 9.17) is 0 Å². The molecule has 1 aromatic carbocycles. The van der Waals surface area contributed by atoms with Crippen molar-refractivity contribution in [3.63, 3.8) is 0 Å². The van der Waals surface area contributed by atoms with Gasteiger partial charge in [-0.15, -0.1) is 0 Å². The second kappa shape index (κ2) is 6.33. The van der Waals surface area contributed by atoms with Crippen molar-refractivity contribution < 1.29 is 4.79 Å². The average Bonchev–Trinajstić information content (AvgIpc) is 2.78. The van der Waals surface area contributed by atoms with E-state index in [1.54, 1.807) is 7.05 Å². The summed E-state index contributed by atoms with van der Waals surface area (Å²) in [5.41, 5.74) is 2.70. The standard InChI is InChI=1S/C14H20N4O/c1-3-4-5-13-17-11-7-6-10(8-12(11)18-13)16-14(19)9-15-2/h6-8,15H,3-5,9H2,1-2H3,(H,16,19)(H,17,18). The van der Waals surface area contributed by atoms with E-state index in [0.29, 0.717) is 6.54 Å². The van der Waals surface area contributed by atoms with Gasteiger partial charge in [0.1, 0.15) is 5.82 Å². The number of nitrogens with zero attached hydrogens (tertiary/aromatic N) is 1. The number of H-pyrrole nitrogens is 1. The number of likely N-dealkylation sites (N-methyl/N-ethyl adjacent to an activating group) is 1. The van der Waals surface area contributed by atoms with E-state index in [2.05, 4.69) is 27.5 Å². The summed E-state index contributed by atoms with van der Waals surface area (Å²) in [5, 5.41) is 5.66. The molecule has 0 radical (unpaired) electrons.